The molecule has 0 saturated heterocycles. The molecule has 1 aromatic carbocycles. The minimum Gasteiger partial charge on any atom is -0.493 e. The van der Waals surface area contributed by atoms with Crippen LogP contribution < -0.4 is 9.47 Å². The van der Waals surface area contributed by atoms with Crippen molar-refractivity contribution < 1.29 is 14.6 Å². The Hall–Kier alpha value is -1.22. The Balaban J connectivity index is 2.00. The van der Waals surface area contributed by atoms with Crippen molar-refractivity contribution >= 4 is 0 Å². The predicted octanol–water partition coefficient (Wildman–Crippen LogP) is 0.917. The van der Waals surface area contributed by atoms with Crippen molar-refractivity contribution in [1.29, 1.82) is 0 Å². The number of ether oxygens (including phenoxy) is 2. The first-order valence-corrected chi connectivity index (χ1v) is 4.93. The van der Waals surface area contributed by atoms with E-state index < -0.39 is 0 Å². The Kier molecular flexibility index (Phi) is 1.67. The summed E-state index contributed by atoms with van der Waals surface area (Å²) >= 11 is 0. The molecule has 0 radical (unpaired) electrons. The summed E-state index contributed by atoms with van der Waals surface area (Å²) in [4.78, 5) is 0. The first kappa shape index (κ1) is 8.12. The summed E-state index contributed by atoms with van der Waals surface area (Å²) in [7, 11) is 0. The molecule has 0 aromatic heterocycles. The van der Waals surface area contributed by atoms with Gasteiger partial charge in [-0.1, -0.05) is 0 Å². The lowest BCUT2D eigenvalue weighted by molar-refractivity contribution is 0.134. The van der Waals surface area contributed by atoms with E-state index in [-0.39, 0.29) is 12.7 Å². The molecular formula is C11H12O3. The van der Waals surface area contributed by atoms with Gasteiger partial charge in [0.15, 0.2) is 0 Å². The third-order valence-corrected chi connectivity index (χ3v) is 2.82. The maximum absolute atomic E-state index is 8.99. The maximum atomic E-state index is 8.99. The molecule has 0 saturated carbocycles. The molecule has 1 aromatic rings. The number of aliphatic hydroxyl groups excluding tert-OH is 1. The van der Waals surface area contributed by atoms with Gasteiger partial charge in [0, 0.05) is 24.0 Å². The second kappa shape index (κ2) is 2.89. The van der Waals surface area contributed by atoms with Crippen LogP contribution in [0.25, 0.3) is 0 Å². The van der Waals surface area contributed by atoms with Crippen LogP contribution in [-0.2, 0) is 12.8 Å². The van der Waals surface area contributed by atoms with Crippen molar-refractivity contribution in [2.24, 2.45) is 0 Å². The minimum atomic E-state index is -0.0625. The zero-order valence-corrected chi connectivity index (χ0v) is 7.82. The third-order valence-electron chi connectivity index (χ3n) is 2.82. The summed E-state index contributed by atoms with van der Waals surface area (Å²) in [5.74, 6) is 1.92. The highest BCUT2D eigenvalue weighted by atomic mass is 16.5. The van der Waals surface area contributed by atoms with Crippen LogP contribution in [0.3, 0.4) is 0 Å². The highest BCUT2D eigenvalue weighted by molar-refractivity contribution is 5.50. The highest BCUT2D eigenvalue weighted by Gasteiger charge is 2.25. The van der Waals surface area contributed by atoms with Gasteiger partial charge in [0.05, 0.1) is 13.2 Å². The van der Waals surface area contributed by atoms with Gasteiger partial charge in [-0.2, -0.15) is 0 Å². The number of fused-ring (bicyclic) bond motifs is 2. The molecule has 3 nitrogen and oxygen atoms in total. The normalized spacial score (nSPS) is 22.5. The molecule has 74 valence electrons. The molecule has 1 atom stereocenters. The van der Waals surface area contributed by atoms with E-state index in [1.165, 1.54) is 5.56 Å². The van der Waals surface area contributed by atoms with Crippen molar-refractivity contribution in [2.45, 2.75) is 18.9 Å². The van der Waals surface area contributed by atoms with E-state index in [0.717, 1.165) is 36.5 Å². The van der Waals surface area contributed by atoms with E-state index in [4.69, 9.17) is 14.6 Å². The van der Waals surface area contributed by atoms with Gasteiger partial charge in [-0.05, 0) is 12.1 Å². The Morgan fingerprint density at radius 2 is 2.14 bits per heavy atom. The second-order valence-electron chi connectivity index (χ2n) is 3.79. The first-order chi connectivity index (χ1) is 6.86. The van der Waals surface area contributed by atoms with Crippen molar-refractivity contribution in [2.75, 3.05) is 13.2 Å². The van der Waals surface area contributed by atoms with E-state index in [2.05, 4.69) is 0 Å². The number of benzene rings is 1. The molecule has 3 rings (SSSR count). The van der Waals surface area contributed by atoms with E-state index >= 15 is 0 Å². The van der Waals surface area contributed by atoms with Crippen LogP contribution in [-0.4, -0.2) is 24.4 Å². The van der Waals surface area contributed by atoms with E-state index in [1.807, 2.05) is 12.1 Å². The fourth-order valence-corrected chi connectivity index (χ4v) is 2.08. The summed E-state index contributed by atoms with van der Waals surface area (Å²) < 4.78 is 11.1. The molecule has 0 amide bonds. The molecule has 0 bridgehead atoms. The van der Waals surface area contributed by atoms with Gasteiger partial charge in [-0.15, -0.1) is 0 Å². The van der Waals surface area contributed by atoms with Crippen molar-refractivity contribution in [3.63, 3.8) is 0 Å². The number of rotatable bonds is 1. The smallest absolute Gasteiger partial charge is 0.126 e. The molecule has 2 aliphatic heterocycles. The Labute approximate surface area is 82.3 Å². The highest BCUT2D eigenvalue weighted by Crippen LogP contribution is 2.37. The lowest BCUT2D eigenvalue weighted by atomic mass is 10.1. The first-order valence-electron chi connectivity index (χ1n) is 4.93. The lowest BCUT2D eigenvalue weighted by Gasteiger charge is -2.05. The van der Waals surface area contributed by atoms with Crippen molar-refractivity contribution in [3.8, 4) is 11.5 Å². The van der Waals surface area contributed by atoms with Crippen molar-refractivity contribution in [1.82, 2.24) is 0 Å². The molecule has 2 heterocycles. The van der Waals surface area contributed by atoms with Gasteiger partial charge in [0.2, 0.25) is 0 Å². The summed E-state index contributed by atoms with van der Waals surface area (Å²) in [6.45, 7) is 0.863. The zero-order valence-electron chi connectivity index (χ0n) is 7.82. The zero-order chi connectivity index (χ0) is 9.54. The fourth-order valence-electron chi connectivity index (χ4n) is 2.08. The van der Waals surface area contributed by atoms with E-state index in [0.29, 0.717) is 0 Å². The molecule has 0 fully saturated rings. The maximum Gasteiger partial charge on any atom is 0.126 e. The van der Waals surface area contributed by atoms with Crippen LogP contribution in [0.4, 0.5) is 0 Å². The van der Waals surface area contributed by atoms with Crippen LogP contribution in [0.2, 0.25) is 0 Å². The summed E-state index contributed by atoms with van der Waals surface area (Å²) in [6, 6.07) is 4.10. The van der Waals surface area contributed by atoms with Crippen LogP contribution in [0, 0.1) is 0 Å². The minimum absolute atomic E-state index is 0.0625. The molecule has 3 heteroatoms. The third kappa shape index (κ3) is 1.09. The number of hydrogen-bond donors (Lipinski definition) is 1. The molecular weight excluding hydrogens is 180 g/mol. The van der Waals surface area contributed by atoms with Gasteiger partial charge in [0.25, 0.3) is 0 Å². The topological polar surface area (TPSA) is 38.7 Å². The molecule has 0 aliphatic carbocycles. The molecule has 2 aliphatic rings. The van der Waals surface area contributed by atoms with Gasteiger partial charge in [0.1, 0.15) is 17.6 Å². The molecule has 0 spiro atoms. The predicted molar refractivity (Wildman–Crippen MR) is 50.8 cm³/mol. The Bertz CT molecular complexity index is 340. The van der Waals surface area contributed by atoms with Crippen LogP contribution in [0.15, 0.2) is 12.1 Å². The average Bonchev–Trinajstić information content (AvgIpc) is 2.77. The van der Waals surface area contributed by atoms with Gasteiger partial charge in [-0.25, -0.2) is 0 Å². The summed E-state index contributed by atoms with van der Waals surface area (Å²) in [5, 5.41) is 8.99. The van der Waals surface area contributed by atoms with Gasteiger partial charge < -0.3 is 14.6 Å². The number of aliphatic hydroxyl groups is 1. The molecule has 1 unspecified atom stereocenters. The fraction of sp³-hybridized carbons (Fsp3) is 0.455. The van der Waals surface area contributed by atoms with Crippen LogP contribution in [0.1, 0.15) is 11.1 Å². The Morgan fingerprint density at radius 3 is 3.00 bits per heavy atom. The summed E-state index contributed by atoms with van der Waals surface area (Å²) in [6.07, 6.45) is 1.70. The molecule has 14 heavy (non-hydrogen) atoms. The average molecular weight is 192 g/mol. The summed E-state index contributed by atoms with van der Waals surface area (Å²) in [5.41, 5.74) is 2.38. The van der Waals surface area contributed by atoms with Gasteiger partial charge in [-0.3, -0.25) is 0 Å². The van der Waals surface area contributed by atoms with Crippen molar-refractivity contribution in [3.05, 3.63) is 23.3 Å². The largest absolute Gasteiger partial charge is 0.493 e. The van der Waals surface area contributed by atoms with E-state index in [1.54, 1.807) is 0 Å². The Morgan fingerprint density at radius 1 is 1.29 bits per heavy atom. The van der Waals surface area contributed by atoms with Crippen LogP contribution >= 0.6 is 0 Å². The second-order valence-corrected chi connectivity index (χ2v) is 3.79. The number of hydrogen-bond acceptors (Lipinski definition) is 3. The monoisotopic (exact) mass is 192 g/mol. The van der Waals surface area contributed by atoms with Crippen LogP contribution in [0.5, 0.6) is 11.5 Å². The SMILES string of the molecule is OCC1Cc2cc3c(cc2O1)CCO3. The standard InChI is InChI=1S/C11H12O3/c12-6-9-3-8-5-10-7(1-2-13-10)4-11(8)14-9/h4-5,9,12H,1-3,6H2. The van der Waals surface area contributed by atoms with Gasteiger partial charge >= 0.3 is 0 Å². The lowest BCUT2D eigenvalue weighted by Crippen LogP contribution is -2.17. The molecule has 1 N–H and O–H groups in total. The quantitative estimate of drug-likeness (QED) is 0.719. The van der Waals surface area contributed by atoms with E-state index in [9.17, 15) is 0 Å².